The maximum absolute atomic E-state index is 12.9. The van der Waals surface area contributed by atoms with E-state index in [1.165, 1.54) is 18.5 Å². The molecule has 0 atom stereocenters. The van der Waals surface area contributed by atoms with Crippen LogP contribution in [0.15, 0.2) is 24.7 Å². The molecule has 1 aliphatic heterocycles. The zero-order valence-corrected chi connectivity index (χ0v) is 12.8. The summed E-state index contributed by atoms with van der Waals surface area (Å²) in [5.74, 6) is 0.144. The van der Waals surface area contributed by atoms with Crippen molar-refractivity contribution >= 4 is 5.91 Å². The lowest BCUT2D eigenvalue weighted by molar-refractivity contribution is -0.130. The molecule has 7 heteroatoms. The molecule has 0 aliphatic carbocycles. The van der Waals surface area contributed by atoms with E-state index in [-0.39, 0.29) is 12.3 Å². The van der Waals surface area contributed by atoms with Crippen LogP contribution >= 0.6 is 0 Å². The number of fused-ring (bicyclic) bond motifs is 1. The van der Waals surface area contributed by atoms with E-state index in [2.05, 4.69) is 15.0 Å². The third kappa shape index (κ3) is 3.44. The summed E-state index contributed by atoms with van der Waals surface area (Å²) in [6.45, 7) is 1.17. The standard InChI is InChI=1S/C16H17FN4O2/c1-23-16-13-4-6-21(7-5-14(13)19-10-20-16)15(22)8-12-3-2-11(17)9-18-12/h2-3,9-10H,4-8H2,1H3. The number of pyridine rings is 1. The minimum absolute atomic E-state index is 0.0242. The predicted octanol–water partition coefficient (Wildman–Crippen LogP) is 1.19. The van der Waals surface area contributed by atoms with E-state index in [0.717, 1.165) is 17.5 Å². The second kappa shape index (κ2) is 6.68. The van der Waals surface area contributed by atoms with Crippen molar-refractivity contribution in [2.75, 3.05) is 20.2 Å². The molecule has 1 aliphatic rings. The fourth-order valence-electron chi connectivity index (χ4n) is 2.70. The van der Waals surface area contributed by atoms with Gasteiger partial charge < -0.3 is 9.64 Å². The number of rotatable bonds is 3. The van der Waals surface area contributed by atoms with Crippen LogP contribution in [0.2, 0.25) is 0 Å². The van der Waals surface area contributed by atoms with Crippen molar-refractivity contribution in [2.45, 2.75) is 19.3 Å². The number of ether oxygens (including phenoxy) is 1. The van der Waals surface area contributed by atoms with Gasteiger partial charge in [-0.3, -0.25) is 9.78 Å². The van der Waals surface area contributed by atoms with E-state index in [1.807, 2.05) is 0 Å². The summed E-state index contributed by atoms with van der Waals surface area (Å²) in [7, 11) is 1.58. The van der Waals surface area contributed by atoms with Gasteiger partial charge in [-0.2, -0.15) is 0 Å². The first-order valence-electron chi connectivity index (χ1n) is 7.42. The van der Waals surface area contributed by atoms with Crippen molar-refractivity contribution < 1.29 is 13.9 Å². The molecule has 120 valence electrons. The average Bonchev–Trinajstić information content (AvgIpc) is 2.79. The molecule has 2 aromatic rings. The van der Waals surface area contributed by atoms with Crippen LogP contribution in [0.25, 0.3) is 0 Å². The molecule has 0 aromatic carbocycles. The number of methoxy groups -OCH3 is 1. The fourth-order valence-corrected chi connectivity index (χ4v) is 2.70. The molecular formula is C16H17FN4O2. The Kier molecular flexibility index (Phi) is 4.45. The predicted molar refractivity (Wildman–Crippen MR) is 80.5 cm³/mol. The molecule has 2 aromatic heterocycles. The van der Waals surface area contributed by atoms with E-state index < -0.39 is 5.82 Å². The van der Waals surface area contributed by atoms with Crippen LogP contribution in [0.1, 0.15) is 17.0 Å². The van der Waals surface area contributed by atoms with Gasteiger partial charge in [-0.1, -0.05) is 0 Å². The van der Waals surface area contributed by atoms with Crippen molar-refractivity contribution in [3.8, 4) is 5.88 Å². The Morgan fingerprint density at radius 2 is 2.09 bits per heavy atom. The van der Waals surface area contributed by atoms with Crippen LogP contribution in [0.4, 0.5) is 4.39 Å². The van der Waals surface area contributed by atoms with Crippen LogP contribution in [0, 0.1) is 5.82 Å². The lowest BCUT2D eigenvalue weighted by Gasteiger charge is -2.19. The summed E-state index contributed by atoms with van der Waals surface area (Å²) in [5, 5.41) is 0. The lowest BCUT2D eigenvalue weighted by Crippen LogP contribution is -2.34. The van der Waals surface area contributed by atoms with Crippen molar-refractivity contribution in [1.82, 2.24) is 19.9 Å². The third-order valence-corrected chi connectivity index (χ3v) is 3.91. The Morgan fingerprint density at radius 1 is 1.26 bits per heavy atom. The van der Waals surface area contributed by atoms with Crippen LogP contribution in [-0.4, -0.2) is 46.0 Å². The highest BCUT2D eigenvalue weighted by Gasteiger charge is 2.22. The largest absolute Gasteiger partial charge is 0.481 e. The minimum atomic E-state index is -0.405. The monoisotopic (exact) mass is 316 g/mol. The molecule has 0 saturated heterocycles. The van der Waals surface area contributed by atoms with Gasteiger partial charge in [0.2, 0.25) is 11.8 Å². The SMILES string of the molecule is COc1ncnc2c1CCN(C(=O)Cc1ccc(F)cn1)CC2. The van der Waals surface area contributed by atoms with Gasteiger partial charge >= 0.3 is 0 Å². The fraction of sp³-hybridized carbons (Fsp3) is 0.375. The molecule has 0 radical (unpaired) electrons. The Balaban J connectivity index is 1.69. The number of nitrogens with zero attached hydrogens (tertiary/aromatic N) is 4. The van der Waals surface area contributed by atoms with Gasteiger partial charge in [-0.05, 0) is 18.6 Å². The molecule has 0 saturated carbocycles. The molecule has 1 amide bonds. The highest BCUT2D eigenvalue weighted by molar-refractivity contribution is 5.78. The van der Waals surface area contributed by atoms with E-state index in [4.69, 9.17) is 4.74 Å². The molecule has 6 nitrogen and oxygen atoms in total. The van der Waals surface area contributed by atoms with Gasteiger partial charge in [-0.25, -0.2) is 14.4 Å². The van der Waals surface area contributed by atoms with E-state index in [1.54, 1.807) is 12.0 Å². The molecule has 0 N–H and O–H groups in total. The second-order valence-electron chi connectivity index (χ2n) is 5.33. The Bertz CT molecular complexity index is 706. The van der Waals surface area contributed by atoms with E-state index in [9.17, 15) is 9.18 Å². The quantitative estimate of drug-likeness (QED) is 0.851. The van der Waals surface area contributed by atoms with Crippen LogP contribution in [-0.2, 0) is 24.1 Å². The van der Waals surface area contributed by atoms with E-state index in [0.29, 0.717) is 37.5 Å². The molecule has 0 fully saturated rings. The van der Waals surface area contributed by atoms with Gasteiger partial charge in [0.1, 0.15) is 12.1 Å². The number of carbonyl (C=O) groups excluding carboxylic acids is 1. The Labute approximate surface area is 133 Å². The molecule has 23 heavy (non-hydrogen) atoms. The van der Waals surface area contributed by atoms with Crippen LogP contribution < -0.4 is 4.74 Å². The number of aromatic nitrogens is 3. The first-order valence-corrected chi connectivity index (χ1v) is 7.42. The minimum Gasteiger partial charge on any atom is -0.481 e. The lowest BCUT2D eigenvalue weighted by atomic mass is 10.1. The highest BCUT2D eigenvalue weighted by atomic mass is 19.1. The zero-order chi connectivity index (χ0) is 16.2. The maximum atomic E-state index is 12.9. The highest BCUT2D eigenvalue weighted by Crippen LogP contribution is 2.22. The summed E-state index contributed by atoms with van der Waals surface area (Å²) in [5.41, 5.74) is 2.45. The van der Waals surface area contributed by atoms with Gasteiger partial charge in [0.15, 0.2) is 0 Å². The number of hydrogen-bond acceptors (Lipinski definition) is 5. The van der Waals surface area contributed by atoms with Gasteiger partial charge in [-0.15, -0.1) is 0 Å². The smallest absolute Gasteiger partial charge is 0.228 e. The van der Waals surface area contributed by atoms with Crippen LogP contribution in [0.5, 0.6) is 5.88 Å². The van der Waals surface area contributed by atoms with Crippen molar-refractivity contribution in [1.29, 1.82) is 0 Å². The third-order valence-electron chi connectivity index (χ3n) is 3.91. The Hall–Kier alpha value is -2.57. The van der Waals surface area contributed by atoms with Crippen molar-refractivity contribution in [3.05, 3.63) is 47.4 Å². The first kappa shape index (κ1) is 15.3. The molecule has 0 bridgehead atoms. The summed E-state index contributed by atoms with van der Waals surface area (Å²) < 4.78 is 18.1. The summed E-state index contributed by atoms with van der Waals surface area (Å²) >= 11 is 0. The summed E-state index contributed by atoms with van der Waals surface area (Å²) in [6, 6.07) is 2.85. The molecule has 0 unspecified atom stereocenters. The van der Waals surface area contributed by atoms with Gasteiger partial charge in [0.05, 0.1) is 25.4 Å². The number of halogens is 1. The molecular weight excluding hydrogens is 299 g/mol. The summed E-state index contributed by atoms with van der Waals surface area (Å²) in [4.78, 5) is 26.6. The van der Waals surface area contributed by atoms with Crippen molar-refractivity contribution in [3.63, 3.8) is 0 Å². The Morgan fingerprint density at radius 3 is 2.83 bits per heavy atom. The topological polar surface area (TPSA) is 68.2 Å². The van der Waals surface area contributed by atoms with Gasteiger partial charge in [0, 0.05) is 30.8 Å². The van der Waals surface area contributed by atoms with Gasteiger partial charge in [0.25, 0.3) is 0 Å². The van der Waals surface area contributed by atoms with Crippen molar-refractivity contribution in [2.24, 2.45) is 0 Å². The molecule has 0 spiro atoms. The van der Waals surface area contributed by atoms with E-state index >= 15 is 0 Å². The van der Waals surface area contributed by atoms with Crippen LogP contribution in [0.3, 0.4) is 0 Å². The number of amides is 1. The molecule has 3 heterocycles. The normalized spacial score (nSPS) is 14.1. The summed E-state index contributed by atoms with van der Waals surface area (Å²) in [6.07, 6.45) is 4.09. The number of hydrogen-bond donors (Lipinski definition) is 0. The second-order valence-corrected chi connectivity index (χ2v) is 5.33. The maximum Gasteiger partial charge on any atom is 0.228 e. The average molecular weight is 316 g/mol. The zero-order valence-electron chi connectivity index (χ0n) is 12.8. The first-order chi connectivity index (χ1) is 11.2. The molecule has 3 rings (SSSR count). The number of carbonyl (C=O) groups is 1.